The molecule has 3 rings (SSSR count). The summed E-state index contributed by atoms with van der Waals surface area (Å²) in [5, 5.41) is 17.9. The topological polar surface area (TPSA) is 58.5 Å². The number of hydrogen-bond donors (Lipinski definition) is 1. The average Bonchev–Trinajstić information content (AvgIpc) is 2.91. The van der Waals surface area contributed by atoms with E-state index in [9.17, 15) is 13.9 Å². The lowest BCUT2D eigenvalue weighted by molar-refractivity contribution is 0.171. The summed E-state index contributed by atoms with van der Waals surface area (Å²) in [5.74, 6) is -0.564. The highest BCUT2D eigenvalue weighted by Crippen LogP contribution is 2.34. The Morgan fingerprint density at radius 1 is 1.26 bits per heavy atom. The molecule has 2 atom stereocenters. The Balaban J connectivity index is 1.83. The predicted octanol–water partition coefficient (Wildman–Crippen LogP) is 2.07. The summed E-state index contributed by atoms with van der Waals surface area (Å²) in [6, 6.07) is 6.43. The van der Waals surface area contributed by atoms with E-state index in [0.717, 1.165) is 12.1 Å². The number of likely N-dealkylation sites (tertiary alicyclic amines) is 1. The highest BCUT2D eigenvalue weighted by Gasteiger charge is 2.34. The molecule has 2 unspecified atom stereocenters. The Hall–Kier alpha value is -2.12. The van der Waals surface area contributed by atoms with Crippen LogP contribution in [0.4, 0.5) is 8.78 Å². The standard InChI is InChI=1S/C16H17F2N3O2/c1-23-16-5-3-11(19-20-16)8-21-9-12(22)7-15(21)13-6-10(17)2-4-14(13)18/h2-6,12,15,22H,7-9H2,1H3. The van der Waals surface area contributed by atoms with Crippen molar-refractivity contribution in [2.75, 3.05) is 13.7 Å². The van der Waals surface area contributed by atoms with E-state index in [1.165, 1.54) is 13.2 Å². The second kappa shape index (κ2) is 6.55. The molecule has 1 saturated heterocycles. The van der Waals surface area contributed by atoms with E-state index in [-0.39, 0.29) is 5.56 Å². The van der Waals surface area contributed by atoms with E-state index in [0.29, 0.717) is 31.1 Å². The molecule has 1 aromatic carbocycles. The summed E-state index contributed by atoms with van der Waals surface area (Å²) >= 11 is 0. The van der Waals surface area contributed by atoms with Crippen molar-refractivity contribution >= 4 is 0 Å². The van der Waals surface area contributed by atoms with Crippen molar-refractivity contribution in [3.8, 4) is 5.88 Å². The van der Waals surface area contributed by atoms with Crippen LogP contribution in [0.25, 0.3) is 0 Å². The third kappa shape index (κ3) is 3.46. The second-order valence-corrected chi connectivity index (χ2v) is 5.57. The molecule has 0 amide bonds. The summed E-state index contributed by atoms with van der Waals surface area (Å²) in [6.07, 6.45) is -0.238. The van der Waals surface area contributed by atoms with Gasteiger partial charge in [-0.15, -0.1) is 5.10 Å². The number of ether oxygens (including phenoxy) is 1. The molecular formula is C16H17F2N3O2. The summed E-state index contributed by atoms with van der Waals surface area (Å²) in [4.78, 5) is 1.87. The molecule has 7 heteroatoms. The first kappa shape index (κ1) is 15.8. The number of halogens is 2. The van der Waals surface area contributed by atoms with Crippen LogP contribution in [-0.2, 0) is 6.54 Å². The maximum Gasteiger partial charge on any atom is 0.233 e. The lowest BCUT2D eigenvalue weighted by atomic mass is 10.0. The SMILES string of the molecule is COc1ccc(CN2CC(O)CC2c2cc(F)ccc2F)nn1. The third-order valence-corrected chi connectivity index (χ3v) is 3.97. The number of hydrogen-bond acceptors (Lipinski definition) is 5. The Labute approximate surface area is 132 Å². The second-order valence-electron chi connectivity index (χ2n) is 5.57. The number of aromatic nitrogens is 2. The predicted molar refractivity (Wildman–Crippen MR) is 78.7 cm³/mol. The minimum absolute atomic E-state index is 0.253. The molecule has 0 aliphatic carbocycles. The maximum atomic E-state index is 14.0. The van der Waals surface area contributed by atoms with Crippen molar-refractivity contribution in [1.29, 1.82) is 0 Å². The molecule has 23 heavy (non-hydrogen) atoms. The van der Waals surface area contributed by atoms with Gasteiger partial charge in [-0.3, -0.25) is 4.90 Å². The highest BCUT2D eigenvalue weighted by atomic mass is 19.1. The summed E-state index contributed by atoms with van der Waals surface area (Å²) in [7, 11) is 1.50. The lowest BCUT2D eigenvalue weighted by Crippen LogP contribution is -2.25. The first-order valence-corrected chi connectivity index (χ1v) is 7.30. The van der Waals surface area contributed by atoms with Crippen molar-refractivity contribution < 1.29 is 18.6 Å². The van der Waals surface area contributed by atoms with Gasteiger partial charge in [0.25, 0.3) is 0 Å². The van der Waals surface area contributed by atoms with Crippen LogP contribution in [0, 0.1) is 11.6 Å². The molecule has 0 radical (unpaired) electrons. The molecule has 122 valence electrons. The third-order valence-electron chi connectivity index (χ3n) is 3.97. The smallest absolute Gasteiger partial charge is 0.233 e. The van der Waals surface area contributed by atoms with E-state index < -0.39 is 23.8 Å². The normalized spacial score (nSPS) is 21.6. The van der Waals surface area contributed by atoms with Crippen molar-refractivity contribution in [3.05, 3.63) is 53.2 Å². The van der Waals surface area contributed by atoms with Crippen LogP contribution < -0.4 is 4.74 Å². The fourth-order valence-corrected chi connectivity index (χ4v) is 2.90. The fourth-order valence-electron chi connectivity index (χ4n) is 2.90. The van der Waals surface area contributed by atoms with Gasteiger partial charge in [-0.05, 0) is 30.7 Å². The Morgan fingerprint density at radius 3 is 2.78 bits per heavy atom. The van der Waals surface area contributed by atoms with Gasteiger partial charge < -0.3 is 9.84 Å². The molecule has 1 aliphatic heterocycles. The minimum atomic E-state index is -0.589. The van der Waals surface area contributed by atoms with E-state index in [4.69, 9.17) is 4.74 Å². The number of benzene rings is 1. The molecule has 5 nitrogen and oxygen atoms in total. The summed E-state index contributed by atoms with van der Waals surface area (Å²) < 4.78 is 32.4. The van der Waals surface area contributed by atoms with Gasteiger partial charge in [-0.1, -0.05) is 0 Å². The molecule has 1 fully saturated rings. The molecular weight excluding hydrogens is 304 g/mol. The van der Waals surface area contributed by atoms with Crippen LogP contribution in [-0.4, -0.2) is 40.0 Å². The number of rotatable bonds is 4. The molecule has 1 aliphatic rings. The van der Waals surface area contributed by atoms with Gasteiger partial charge in [0.15, 0.2) is 0 Å². The molecule has 0 bridgehead atoms. The van der Waals surface area contributed by atoms with Crippen molar-refractivity contribution in [2.24, 2.45) is 0 Å². The highest BCUT2D eigenvalue weighted by molar-refractivity contribution is 5.24. The van der Waals surface area contributed by atoms with Crippen molar-refractivity contribution in [2.45, 2.75) is 25.1 Å². The van der Waals surface area contributed by atoms with Gasteiger partial charge >= 0.3 is 0 Å². The summed E-state index contributed by atoms with van der Waals surface area (Å²) in [6.45, 7) is 0.753. The first-order chi connectivity index (χ1) is 11.1. The van der Waals surface area contributed by atoms with Crippen LogP contribution in [0.2, 0.25) is 0 Å². The largest absolute Gasteiger partial charge is 0.480 e. The quantitative estimate of drug-likeness (QED) is 0.934. The van der Waals surface area contributed by atoms with Crippen molar-refractivity contribution in [3.63, 3.8) is 0 Å². The zero-order valence-corrected chi connectivity index (χ0v) is 12.6. The van der Waals surface area contributed by atoms with E-state index in [2.05, 4.69) is 10.2 Å². The van der Waals surface area contributed by atoms with E-state index in [1.807, 2.05) is 4.90 Å². The average molecular weight is 321 g/mol. The van der Waals surface area contributed by atoms with E-state index >= 15 is 0 Å². The first-order valence-electron chi connectivity index (χ1n) is 7.30. The molecule has 0 spiro atoms. The minimum Gasteiger partial charge on any atom is -0.480 e. The van der Waals surface area contributed by atoms with Gasteiger partial charge in [0.05, 0.1) is 18.9 Å². The van der Waals surface area contributed by atoms with Crippen LogP contribution in [0.5, 0.6) is 5.88 Å². The van der Waals surface area contributed by atoms with E-state index in [1.54, 1.807) is 12.1 Å². The van der Waals surface area contributed by atoms with Crippen LogP contribution in [0.3, 0.4) is 0 Å². The molecule has 0 saturated carbocycles. The number of aliphatic hydroxyl groups excluding tert-OH is 1. The molecule has 1 N–H and O–H groups in total. The monoisotopic (exact) mass is 321 g/mol. The molecule has 2 heterocycles. The number of β-amino-alcohol motifs (C(OH)–C–C–N with tert-alkyl or cyclic N) is 1. The van der Waals surface area contributed by atoms with Gasteiger partial charge in [-0.25, -0.2) is 8.78 Å². The van der Waals surface area contributed by atoms with Gasteiger partial charge in [0.1, 0.15) is 11.6 Å². The Kier molecular flexibility index (Phi) is 4.49. The van der Waals surface area contributed by atoms with Gasteiger partial charge in [0.2, 0.25) is 5.88 Å². The number of aliphatic hydroxyl groups is 1. The Bertz CT molecular complexity index is 682. The van der Waals surface area contributed by atoms with Gasteiger partial charge in [0, 0.05) is 30.8 Å². The lowest BCUT2D eigenvalue weighted by Gasteiger charge is -2.24. The van der Waals surface area contributed by atoms with Crippen molar-refractivity contribution in [1.82, 2.24) is 15.1 Å². The molecule has 1 aromatic heterocycles. The fraction of sp³-hybridized carbons (Fsp3) is 0.375. The molecule has 2 aromatic rings. The number of methoxy groups -OCH3 is 1. The summed E-state index contributed by atoms with van der Waals surface area (Å²) in [5.41, 5.74) is 0.921. The maximum absolute atomic E-state index is 14.0. The zero-order valence-electron chi connectivity index (χ0n) is 12.6. The van der Waals surface area contributed by atoms with Crippen LogP contribution in [0.15, 0.2) is 30.3 Å². The van der Waals surface area contributed by atoms with Crippen LogP contribution in [0.1, 0.15) is 23.7 Å². The Morgan fingerprint density at radius 2 is 2.09 bits per heavy atom. The number of nitrogens with zero attached hydrogens (tertiary/aromatic N) is 3. The zero-order chi connectivity index (χ0) is 16.4. The van der Waals surface area contributed by atoms with Gasteiger partial charge in [-0.2, -0.15) is 5.10 Å². The van der Waals surface area contributed by atoms with Crippen LogP contribution >= 0.6 is 0 Å².